The first-order valence-corrected chi connectivity index (χ1v) is 14.3. The van der Waals surface area contributed by atoms with E-state index < -0.39 is 67.4 Å². The van der Waals surface area contributed by atoms with Gasteiger partial charge < -0.3 is 5.32 Å². The molecule has 1 aliphatic rings. The Balaban J connectivity index is 1.38. The second-order valence-electron chi connectivity index (χ2n) is 11.0. The maximum Gasteiger partial charge on any atom is 0.282 e. The molecule has 1 fully saturated rings. The Labute approximate surface area is 254 Å². The van der Waals surface area contributed by atoms with Crippen LogP contribution in [0.1, 0.15) is 53.0 Å². The van der Waals surface area contributed by atoms with E-state index in [9.17, 15) is 31.1 Å². The maximum atomic E-state index is 14.2. The molecule has 12 heteroatoms. The van der Waals surface area contributed by atoms with Crippen LogP contribution in [0.25, 0.3) is 21.9 Å². The number of alkyl halides is 4. The number of nitrogens with one attached hydrogen (secondary N) is 1. The summed E-state index contributed by atoms with van der Waals surface area (Å²) in [6, 6.07) is 13.0. The molecule has 0 radical (unpaired) electrons. The zero-order valence-electron chi connectivity index (χ0n) is 23.7. The van der Waals surface area contributed by atoms with Crippen LogP contribution in [0.3, 0.4) is 0 Å². The molecule has 3 atom stereocenters. The molecule has 1 amide bonds. The van der Waals surface area contributed by atoms with Crippen LogP contribution in [0, 0.1) is 17.6 Å². The summed E-state index contributed by atoms with van der Waals surface area (Å²) in [4.78, 5) is 22.2. The molecule has 2 unspecified atom stereocenters. The van der Waals surface area contributed by atoms with Gasteiger partial charge in [0.1, 0.15) is 30.5 Å². The average molecular weight is 624 g/mol. The third-order valence-corrected chi connectivity index (χ3v) is 8.08. The van der Waals surface area contributed by atoms with Crippen molar-refractivity contribution in [2.75, 3.05) is 6.67 Å². The van der Waals surface area contributed by atoms with E-state index in [0.717, 1.165) is 39.2 Å². The van der Waals surface area contributed by atoms with Crippen LogP contribution in [-0.2, 0) is 24.4 Å². The molecule has 5 aromatic rings. The highest BCUT2D eigenvalue weighted by molar-refractivity contribution is 5.96. The van der Waals surface area contributed by atoms with Crippen LogP contribution in [-0.4, -0.2) is 32.3 Å². The van der Waals surface area contributed by atoms with Crippen molar-refractivity contribution in [3.63, 3.8) is 0 Å². The summed E-state index contributed by atoms with van der Waals surface area (Å²) in [5, 5.41) is 8.38. The van der Waals surface area contributed by atoms with Crippen LogP contribution < -0.4 is 5.32 Å². The van der Waals surface area contributed by atoms with Gasteiger partial charge in [0.15, 0.2) is 0 Å². The second-order valence-corrected chi connectivity index (χ2v) is 11.0. The number of carbonyl (C=O) groups excluding carboxylic acids is 1. The molecule has 3 heterocycles. The second kappa shape index (κ2) is 12.7. The number of fused-ring (bicyclic) bond motifs is 1. The Morgan fingerprint density at radius 1 is 0.978 bits per heavy atom. The SMILES string of the molecule is O=C(Cn1nc(C(F)F)c(C2CC2CF)c1CF)N[C@@H](Cc1cc(F)cc(F)c1)c1ncccc1-c1cccc2cnccc12. The highest BCUT2D eigenvalue weighted by atomic mass is 19.3. The number of hydrogen-bond donors (Lipinski definition) is 1. The number of pyridine rings is 2. The lowest BCUT2D eigenvalue weighted by molar-refractivity contribution is -0.122. The first kappa shape index (κ1) is 30.3. The van der Waals surface area contributed by atoms with Gasteiger partial charge in [0.2, 0.25) is 5.91 Å². The molecule has 1 aliphatic carbocycles. The van der Waals surface area contributed by atoms with Gasteiger partial charge in [-0.15, -0.1) is 0 Å². The number of benzene rings is 2. The fourth-order valence-corrected chi connectivity index (χ4v) is 5.98. The molecule has 0 spiro atoms. The Hall–Kier alpha value is -4.74. The fraction of sp³-hybridized carbons (Fsp3) is 0.273. The minimum atomic E-state index is -3.04. The zero-order chi connectivity index (χ0) is 31.7. The van der Waals surface area contributed by atoms with Gasteiger partial charge in [0, 0.05) is 41.2 Å². The van der Waals surface area contributed by atoms with Crippen molar-refractivity contribution >= 4 is 16.7 Å². The molecule has 0 bridgehead atoms. The van der Waals surface area contributed by atoms with E-state index in [4.69, 9.17) is 0 Å². The smallest absolute Gasteiger partial charge is 0.282 e. The van der Waals surface area contributed by atoms with Gasteiger partial charge in [-0.1, -0.05) is 24.3 Å². The zero-order valence-corrected chi connectivity index (χ0v) is 23.7. The van der Waals surface area contributed by atoms with Crippen molar-refractivity contribution in [3.05, 3.63) is 113 Å². The van der Waals surface area contributed by atoms with Gasteiger partial charge in [0.05, 0.1) is 24.1 Å². The van der Waals surface area contributed by atoms with Gasteiger partial charge in [0.25, 0.3) is 6.43 Å². The lowest BCUT2D eigenvalue weighted by Gasteiger charge is -2.22. The predicted molar refractivity (Wildman–Crippen MR) is 155 cm³/mol. The number of rotatable bonds is 11. The summed E-state index contributed by atoms with van der Waals surface area (Å²) in [5.41, 5.74) is 1.10. The third kappa shape index (κ3) is 6.27. The van der Waals surface area contributed by atoms with Crippen molar-refractivity contribution in [3.8, 4) is 11.1 Å². The van der Waals surface area contributed by atoms with Crippen molar-refractivity contribution in [2.24, 2.45) is 5.92 Å². The van der Waals surface area contributed by atoms with E-state index in [-0.39, 0.29) is 23.2 Å². The monoisotopic (exact) mass is 623 g/mol. The first-order valence-electron chi connectivity index (χ1n) is 14.3. The minimum Gasteiger partial charge on any atom is -0.346 e. The average Bonchev–Trinajstić information content (AvgIpc) is 3.72. The summed E-state index contributed by atoms with van der Waals surface area (Å²) >= 11 is 0. The van der Waals surface area contributed by atoms with Crippen molar-refractivity contribution in [1.29, 1.82) is 0 Å². The van der Waals surface area contributed by atoms with Gasteiger partial charge in [-0.05, 0) is 65.5 Å². The summed E-state index contributed by atoms with van der Waals surface area (Å²) < 4.78 is 84.5. The standard InChI is InChI=1S/C33H27F6N5O/c34-14-20-12-26(20)30-28(15-35)44(43-32(30)33(38)39)17-29(45)42-27(11-18-9-21(36)13-22(37)10-18)31-25(5-2-7-41-31)24-4-1-3-19-16-40-8-6-23(19)24/h1-10,13,16,20,26-27,33H,11-12,14-15,17H2,(H,42,45)/t20?,26?,27-/m0/s1. The summed E-state index contributed by atoms with van der Waals surface area (Å²) in [6.45, 7) is -2.53. The lowest BCUT2D eigenvalue weighted by atomic mass is 9.93. The Morgan fingerprint density at radius 3 is 2.47 bits per heavy atom. The molecule has 45 heavy (non-hydrogen) atoms. The Bertz CT molecular complexity index is 1840. The minimum absolute atomic E-state index is 0.0489. The summed E-state index contributed by atoms with van der Waals surface area (Å²) in [6.07, 6.45) is 2.03. The van der Waals surface area contributed by atoms with Gasteiger partial charge in [-0.25, -0.2) is 22.0 Å². The van der Waals surface area contributed by atoms with E-state index in [1.54, 1.807) is 24.5 Å². The maximum absolute atomic E-state index is 14.2. The molecule has 1 saturated carbocycles. The summed E-state index contributed by atoms with van der Waals surface area (Å²) in [5.74, 6) is -3.42. The first-order chi connectivity index (χ1) is 21.8. The fourth-order valence-electron chi connectivity index (χ4n) is 5.98. The van der Waals surface area contributed by atoms with E-state index in [1.807, 2.05) is 24.3 Å². The van der Waals surface area contributed by atoms with Crippen LogP contribution >= 0.6 is 0 Å². The normalized spacial score (nSPS) is 16.7. The molecule has 0 saturated heterocycles. The number of carbonyl (C=O) groups is 1. The molecular weight excluding hydrogens is 596 g/mol. The van der Waals surface area contributed by atoms with Crippen molar-refractivity contribution < 1.29 is 31.1 Å². The van der Waals surface area contributed by atoms with Crippen molar-refractivity contribution in [1.82, 2.24) is 25.1 Å². The van der Waals surface area contributed by atoms with Gasteiger partial charge >= 0.3 is 0 Å². The topological polar surface area (TPSA) is 72.7 Å². The number of nitrogens with zero attached hydrogens (tertiary/aromatic N) is 4. The van der Waals surface area contributed by atoms with Crippen molar-refractivity contribution in [2.45, 2.75) is 44.4 Å². The largest absolute Gasteiger partial charge is 0.346 e. The third-order valence-electron chi connectivity index (χ3n) is 8.08. The number of halogens is 6. The lowest BCUT2D eigenvalue weighted by Crippen LogP contribution is -2.34. The Kier molecular flexibility index (Phi) is 8.55. The quantitative estimate of drug-likeness (QED) is 0.156. The van der Waals surface area contributed by atoms with E-state index in [2.05, 4.69) is 20.4 Å². The van der Waals surface area contributed by atoms with Crippen LogP contribution in [0.2, 0.25) is 0 Å². The Morgan fingerprint density at radius 2 is 1.76 bits per heavy atom. The van der Waals surface area contributed by atoms with E-state index >= 15 is 0 Å². The predicted octanol–water partition coefficient (Wildman–Crippen LogP) is 7.35. The highest BCUT2D eigenvalue weighted by Crippen LogP contribution is 2.51. The van der Waals surface area contributed by atoms with Gasteiger partial charge in [-0.2, -0.15) is 5.10 Å². The van der Waals surface area contributed by atoms with E-state index in [1.165, 1.54) is 6.20 Å². The number of amides is 1. The molecule has 2 aromatic carbocycles. The molecule has 0 aliphatic heterocycles. The number of aromatic nitrogens is 4. The molecular formula is C33H27F6N5O. The summed E-state index contributed by atoms with van der Waals surface area (Å²) in [7, 11) is 0. The number of hydrogen-bond acceptors (Lipinski definition) is 4. The van der Waals surface area contributed by atoms with Crippen LogP contribution in [0.15, 0.2) is 73.2 Å². The molecule has 1 N–H and O–H groups in total. The molecule has 3 aromatic heterocycles. The molecule has 6 rings (SSSR count). The van der Waals surface area contributed by atoms with Crippen LogP contribution in [0.5, 0.6) is 0 Å². The van der Waals surface area contributed by atoms with Crippen LogP contribution in [0.4, 0.5) is 26.3 Å². The highest BCUT2D eigenvalue weighted by Gasteiger charge is 2.44. The van der Waals surface area contributed by atoms with E-state index in [0.29, 0.717) is 17.7 Å². The van der Waals surface area contributed by atoms with Gasteiger partial charge in [-0.3, -0.25) is 23.8 Å². The molecule has 232 valence electrons. The molecule has 6 nitrogen and oxygen atoms in total.